The van der Waals surface area contributed by atoms with Crippen molar-refractivity contribution in [2.24, 2.45) is 0 Å². The number of aryl methyl sites for hydroxylation is 1. The molecular weight excluding hydrogens is 274 g/mol. The number of hydrogen-bond acceptors (Lipinski definition) is 5. The van der Waals surface area contributed by atoms with Gasteiger partial charge in [-0.15, -0.1) is 0 Å². The minimum absolute atomic E-state index is 0.250. The van der Waals surface area contributed by atoms with Gasteiger partial charge >= 0.3 is 0 Å². The normalized spacial score (nSPS) is 22.0. The number of nitrogens with zero attached hydrogens (tertiary/aromatic N) is 2. The largest absolute Gasteiger partial charge is 0.483 e. The molecule has 2 aliphatic heterocycles. The van der Waals surface area contributed by atoms with Gasteiger partial charge < -0.3 is 14.6 Å². The van der Waals surface area contributed by atoms with Crippen LogP contribution in [0.25, 0.3) is 0 Å². The summed E-state index contributed by atoms with van der Waals surface area (Å²) in [4.78, 5) is 10.9. The van der Waals surface area contributed by atoms with Gasteiger partial charge in [-0.2, -0.15) is 5.10 Å². The second kappa shape index (κ2) is 8.11. The van der Waals surface area contributed by atoms with E-state index in [-0.39, 0.29) is 12.6 Å². The Morgan fingerprint density at radius 3 is 3.05 bits per heavy atom. The Bertz CT molecular complexity index is 443. The van der Waals surface area contributed by atoms with Crippen LogP contribution in [0, 0.1) is 6.92 Å². The van der Waals surface area contributed by atoms with E-state index < -0.39 is 0 Å². The maximum atomic E-state index is 8.36. The first kappa shape index (κ1) is 15.9. The third-order valence-corrected chi connectivity index (χ3v) is 3.86. The summed E-state index contributed by atoms with van der Waals surface area (Å²) in [6.45, 7) is 7.30. The molecule has 3 heterocycles. The summed E-state index contributed by atoms with van der Waals surface area (Å²) in [6.07, 6.45) is 2.40. The van der Waals surface area contributed by atoms with Crippen LogP contribution in [-0.2, 0) is 27.2 Å². The molecule has 1 aromatic heterocycles. The summed E-state index contributed by atoms with van der Waals surface area (Å²) in [5.41, 5.74) is 3.86. The van der Waals surface area contributed by atoms with Gasteiger partial charge in [-0.3, -0.25) is 14.8 Å². The zero-order chi connectivity index (χ0) is 15.1. The van der Waals surface area contributed by atoms with Crippen molar-refractivity contribution in [1.82, 2.24) is 15.1 Å². The van der Waals surface area contributed by atoms with Crippen LogP contribution in [0.4, 0.5) is 0 Å². The van der Waals surface area contributed by atoms with Gasteiger partial charge in [0.05, 0.1) is 31.6 Å². The highest BCUT2D eigenvalue weighted by Crippen LogP contribution is 2.20. The lowest BCUT2D eigenvalue weighted by Gasteiger charge is -2.29. The summed E-state index contributed by atoms with van der Waals surface area (Å²) in [7, 11) is 0. The first-order valence-electron chi connectivity index (χ1n) is 7.27. The molecule has 118 valence electrons. The predicted octanol–water partition coefficient (Wildman–Crippen LogP) is 0.583. The summed E-state index contributed by atoms with van der Waals surface area (Å²) in [5.74, 6) is 0. The van der Waals surface area contributed by atoms with Gasteiger partial charge in [0.15, 0.2) is 0 Å². The smallest absolute Gasteiger partial charge is 0.290 e. The van der Waals surface area contributed by atoms with Crippen LogP contribution in [0.5, 0.6) is 0 Å². The maximum absolute atomic E-state index is 8.36. The molecular formula is C14H23N3O4. The van der Waals surface area contributed by atoms with Gasteiger partial charge in [0.1, 0.15) is 0 Å². The molecule has 1 fully saturated rings. The zero-order valence-corrected chi connectivity index (χ0v) is 12.4. The van der Waals surface area contributed by atoms with Crippen LogP contribution in [0.1, 0.15) is 23.4 Å². The molecule has 3 rings (SSSR count). The molecule has 1 atom stereocenters. The molecule has 1 unspecified atom stereocenters. The molecule has 0 radical (unpaired) electrons. The van der Waals surface area contributed by atoms with Gasteiger partial charge in [-0.1, -0.05) is 0 Å². The molecule has 21 heavy (non-hydrogen) atoms. The molecule has 0 bridgehead atoms. The molecule has 0 spiro atoms. The van der Waals surface area contributed by atoms with E-state index in [4.69, 9.17) is 19.4 Å². The molecule has 0 amide bonds. The fourth-order valence-electron chi connectivity index (χ4n) is 2.71. The van der Waals surface area contributed by atoms with E-state index >= 15 is 0 Å². The number of fused-ring (bicyclic) bond motifs is 1. The third-order valence-electron chi connectivity index (χ3n) is 3.86. The van der Waals surface area contributed by atoms with Crippen LogP contribution >= 0.6 is 0 Å². The molecule has 7 nitrogen and oxygen atoms in total. The van der Waals surface area contributed by atoms with E-state index in [1.807, 2.05) is 0 Å². The molecule has 7 heteroatoms. The highest BCUT2D eigenvalue weighted by molar-refractivity contribution is 5.32. The molecule has 0 saturated carbocycles. The van der Waals surface area contributed by atoms with Crippen molar-refractivity contribution in [3.05, 3.63) is 17.0 Å². The highest BCUT2D eigenvalue weighted by atomic mass is 16.6. The lowest BCUT2D eigenvalue weighted by Crippen LogP contribution is -2.36. The molecule has 1 saturated heterocycles. The van der Waals surface area contributed by atoms with Crippen molar-refractivity contribution >= 4 is 6.47 Å². The van der Waals surface area contributed by atoms with Crippen molar-refractivity contribution in [3.63, 3.8) is 0 Å². The number of carboxylic acid groups (broad SMARTS) is 1. The standard InChI is InChI=1S/C13H21N3O2.CH2O2/c1-10-12-8-16(5-3-13(12)15-14-10)4-2-11-9-17-6-7-18-11;2-1-3/h11H,2-9H2,1H3,(H,14,15);1H,(H,2,3). The van der Waals surface area contributed by atoms with Crippen LogP contribution in [-0.4, -0.2) is 65.7 Å². The summed E-state index contributed by atoms with van der Waals surface area (Å²) < 4.78 is 11.1. The quantitative estimate of drug-likeness (QED) is 0.794. The highest BCUT2D eigenvalue weighted by Gasteiger charge is 2.22. The predicted molar refractivity (Wildman–Crippen MR) is 76.2 cm³/mol. The average Bonchev–Trinajstić information content (AvgIpc) is 2.88. The zero-order valence-electron chi connectivity index (χ0n) is 12.4. The van der Waals surface area contributed by atoms with Gasteiger partial charge in [-0.05, 0) is 13.3 Å². The lowest BCUT2D eigenvalue weighted by atomic mass is 10.1. The van der Waals surface area contributed by atoms with Crippen LogP contribution in [0.3, 0.4) is 0 Å². The van der Waals surface area contributed by atoms with E-state index in [0.717, 1.165) is 52.3 Å². The second-order valence-corrected chi connectivity index (χ2v) is 5.26. The van der Waals surface area contributed by atoms with Gasteiger partial charge in [-0.25, -0.2) is 0 Å². The van der Waals surface area contributed by atoms with E-state index in [1.165, 1.54) is 17.0 Å². The molecule has 2 aliphatic rings. The SMILES string of the molecule is Cc1[nH]nc2c1CN(CCC1COCCO1)CC2.O=CO. The van der Waals surface area contributed by atoms with E-state index in [1.54, 1.807) is 0 Å². The fourth-order valence-corrected chi connectivity index (χ4v) is 2.71. The Balaban J connectivity index is 0.000000497. The van der Waals surface area contributed by atoms with E-state index in [9.17, 15) is 0 Å². The Labute approximate surface area is 124 Å². The van der Waals surface area contributed by atoms with Gasteiger partial charge in [0, 0.05) is 37.3 Å². The Morgan fingerprint density at radius 2 is 2.33 bits per heavy atom. The average molecular weight is 297 g/mol. The van der Waals surface area contributed by atoms with Gasteiger partial charge in [0.25, 0.3) is 6.47 Å². The summed E-state index contributed by atoms with van der Waals surface area (Å²) in [5, 5.41) is 14.3. The van der Waals surface area contributed by atoms with Crippen LogP contribution in [0.15, 0.2) is 0 Å². The number of aromatic amines is 1. The van der Waals surface area contributed by atoms with Crippen molar-refractivity contribution in [1.29, 1.82) is 0 Å². The first-order chi connectivity index (χ1) is 10.2. The van der Waals surface area contributed by atoms with Gasteiger partial charge in [0.2, 0.25) is 0 Å². The van der Waals surface area contributed by atoms with Crippen molar-refractivity contribution in [2.75, 3.05) is 32.9 Å². The van der Waals surface area contributed by atoms with E-state index in [2.05, 4.69) is 22.0 Å². The number of rotatable bonds is 3. The first-order valence-corrected chi connectivity index (χ1v) is 7.27. The minimum atomic E-state index is -0.250. The Morgan fingerprint density at radius 1 is 1.52 bits per heavy atom. The molecule has 0 aliphatic carbocycles. The number of H-pyrrole nitrogens is 1. The lowest BCUT2D eigenvalue weighted by molar-refractivity contribution is -0.122. The summed E-state index contributed by atoms with van der Waals surface area (Å²) >= 11 is 0. The van der Waals surface area contributed by atoms with Crippen molar-refractivity contribution in [3.8, 4) is 0 Å². The number of hydrogen-bond donors (Lipinski definition) is 2. The summed E-state index contributed by atoms with van der Waals surface area (Å²) in [6, 6.07) is 0. The molecule has 0 aromatic carbocycles. The van der Waals surface area contributed by atoms with Crippen LogP contribution in [0.2, 0.25) is 0 Å². The topological polar surface area (TPSA) is 87.7 Å². The number of ether oxygens (including phenoxy) is 2. The Hall–Kier alpha value is -1.44. The monoisotopic (exact) mass is 297 g/mol. The number of carbonyl (C=O) groups is 1. The second-order valence-electron chi connectivity index (χ2n) is 5.26. The van der Waals surface area contributed by atoms with Crippen molar-refractivity contribution < 1.29 is 19.4 Å². The molecule has 1 aromatic rings. The maximum Gasteiger partial charge on any atom is 0.290 e. The van der Waals surface area contributed by atoms with Crippen LogP contribution < -0.4 is 0 Å². The molecule has 2 N–H and O–H groups in total. The number of aromatic nitrogens is 2. The number of nitrogens with one attached hydrogen (secondary N) is 1. The minimum Gasteiger partial charge on any atom is -0.483 e. The van der Waals surface area contributed by atoms with Crippen molar-refractivity contribution in [2.45, 2.75) is 32.4 Å². The Kier molecular flexibility index (Phi) is 6.16. The van der Waals surface area contributed by atoms with E-state index in [0.29, 0.717) is 0 Å². The third kappa shape index (κ3) is 4.52. The fraction of sp³-hybridized carbons (Fsp3) is 0.714.